The zero-order valence-electron chi connectivity index (χ0n) is 12.5. The molecule has 1 aromatic heterocycles. The molecule has 2 unspecified atom stereocenters. The molecule has 0 spiro atoms. The van der Waals surface area contributed by atoms with E-state index < -0.39 is 0 Å². The predicted molar refractivity (Wildman–Crippen MR) is 85.7 cm³/mol. The van der Waals surface area contributed by atoms with Gasteiger partial charge in [-0.2, -0.15) is 4.37 Å². The van der Waals surface area contributed by atoms with E-state index in [0.29, 0.717) is 5.92 Å². The van der Waals surface area contributed by atoms with Crippen LogP contribution in [0.25, 0.3) is 0 Å². The average Bonchev–Trinajstić information content (AvgIpc) is 2.92. The molecule has 1 saturated heterocycles. The average molecular weight is 303 g/mol. The molecule has 112 valence electrons. The minimum absolute atomic E-state index is 0.181. The summed E-state index contributed by atoms with van der Waals surface area (Å²) in [6.45, 7) is 5.77. The van der Waals surface area contributed by atoms with E-state index in [2.05, 4.69) is 45.9 Å². The number of rotatable bonds is 4. The number of nitrogens with zero attached hydrogens (tertiary/aromatic N) is 2. The Labute approximate surface area is 129 Å². The van der Waals surface area contributed by atoms with Gasteiger partial charge in [-0.15, -0.1) is 0 Å². The lowest BCUT2D eigenvalue weighted by Gasteiger charge is -2.32. The van der Waals surface area contributed by atoms with Gasteiger partial charge in [0.2, 0.25) is 5.13 Å². The normalized spacial score (nSPS) is 22.2. The van der Waals surface area contributed by atoms with Crippen LogP contribution < -0.4 is 5.32 Å². The number of aryl methyl sites for hydroxylation is 2. The summed E-state index contributed by atoms with van der Waals surface area (Å²) in [6.07, 6.45) is 2.49. The molecule has 4 nitrogen and oxygen atoms in total. The highest BCUT2D eigenvalue weighted by Crippen LogP contribution is 2.34. The second-order valence-electron chi connectivity index (χ2n) is 5.63. The number of aromatic nitrogens is 2. The predicted octanol–water partition coefficient (Wildman–Crippen LogP) is 3.73. The van der Waals surface area contributed by atoms with Crippen LogP contribution in [-0.2, 0) is 4.74 Å². The van der Waals surface area contributed by atoms with Crippen molar-refractivity contribution in [2.24, 2.45) is 5.92 Å². The van der Waals surface area contributed by atoms with Gasteiger partial charge in [-0.05, 0) is 32.3 Å². The monoisotopic (exact) mass is 303 g/mol. The molecule has 0 radical (unpaired) electrons. The molecule has 0 amide bonds. The molecule has 1 N–H and O–H groups in total. The Kier molecular flexibility index (Phi) is 4.51. The highest BCUT2D eigenvalue weighted by atomic mass is 32.1. The zero-order chi connectivity index (χ0) is 14.7. The van der Waals surface area contributed by atoms with E-state index in [4.69, 9.17) is 4.74 Å². The minimum atomic E-state index is 0.181. The number of hydrogen-bond donors (Lipinski definition) is 1. The summed E-state index contributed by atoms with van der Waals surface area (Å²) in [7, 11) is 0. The molecule has 1 aliphatic rings. The van der Waals surface area contributed by atoms with E-state index in [1.165, 1.54) is 29.1 Å². The van der Waals surface area contributed by atoms with Crippen LogP contribution in [0.15, 0.2) is 24.3 Å². The van der Waals surface area contributed by atoms with E-state index in [9.17, 15) is 0 Å². The van der Waals surface area contributed by atoms with Crippen LogP contribution >= 0.6 is 11.5 Å². The molecule has 2 aromatic rings. The molecule has 3 rings (SSSR count). The van der Waals surface area contributed by atoms with Crippen LogP contribution in [0.2, 0.25) is 0 Å². The van der Waals surface area contributed by atoms with Crippen LogP contribution in [0, 0.1) is 19.8 Å². The lowest BCUT2D eigenvalue weighted by molar-refractivity contribution is -0.0238. The molecular weight excluding hydrogens is 282 g/mol. The van der Waals surface area contributed by atoms with Gasteiger partial charge in [0.1, 0.15) is 5.82 Å². The molecular formula is C16H21N3OS. The third-order valence-electron chi connectivity index (χ3n) is 3.89. The Balaban J connectivity index is 1.67. The number of hydrogen-bond acceptors (Lipinski definition) is 5. The maximum Gasteiger partial charge on any atom is 0.202 e. The van der Waals surface area contributed by atoms with Gasteiger partial charge in [-0.1, -0.05) is 29.8 Å². The first-order valence-corrected chi connectivity index (χ1v) is 8.22. The van der Waals surface area contributed by atoms with Gasteiger partial charge in [0.25, 0.3) is 0 Å². The molecule has 21 heavy (non-hydrogen) atoms. The lowest BCUT2D eigenvalue weighted by Crippen LogP contribution is -2.28. The van der Waals surface area contributed by atoms with Gasteiger partial charge in [-0.3, -0.25) is 0 Å². The topological polar surface area (TPSA) is 47.0 Å². The third-order valence-corrected chi connectivity index (χ3v) is 4.66. The Morgan fingerprint density at radius 1 is 1.29 bits per heavy atom. The summed E-state index contributed by atoms with van der Waals surface area (Å²) in [4.78, 5) is 4.36. The smallest absolute Gasteiger partial charge is 0.202 e. The largest absolute Gasteiger partial charge is 0.373 e. The Bertz CT molecular complexity index is 581. The summed E-state index contributed by atoms with van der Waals surface area (Å²) in [5.41, 5.74) is 2.56. The van der Waals surface area contributed by atoms with Gasteiger partial charge in [0.05, 0.1) is 6.10 Å². The van der Waals surface area contributed by atoms with Crippen LogP contribution in [-0.4, -0.2) is 22.5 Å². The Morgan fingerprint density at radius 2 is 2.10 bits per heavy atom. The van der Waals surface area contributed by atoms with E-state index in [1.54, 1.807) is 0 Å². The maximum absolute atomic E-state index is 6.04. The van der Waals surface area contributed by atoms with E-state index in [0.717, 1.165) is 30.5 Å². The maximum atomic E-state index is 6.04. The molecule has 0 saturated carbocycles. The second-order valence-corrected chi connectivity index (χ2v) is 6.38. The molecule has 1 aliphatic heterocycles. The van der Waals surface area contributed by atoms with Crippen molar-refractivity contribution >= 4 is 16.7 Å². The van der Waals surface area contributed by atoms with Crippen molar-refractivity contribution in [3.8, 4) is 0 Å². The summed E-state index contributed by atoms with van der Waals surface area (Å²) < 4.78 is 10.2. The highest BCUT2D eigenvalue weighted by Gasteiger charge is 2.27. The fourth-order valence-electron chi connectivity index (χ4n) is 2.76. The van der Waals surface area contributed by atoms with Crippen LogP contribution in [0.4, 0.5) is 5.13 Å². The first-order valence-electron chi connectivity index (χ1n) is 7.45. The fourth-order valence-corrected chi connectivity index (χ4v) is 3.34. The lowest BCUT2D eigenvalue weighted by atomic mass is 9.89. The highest BCUT2D eigenvalue weighted by molar-refractivity contribution is 7.09. The Morgan fingerprint density at radius 3 is 2.81 bits per heavy atom. The van der Waals surface area contributed by atoms with Gasteiger partial charge < -0.3 is 10.1 Å². The van der Waals surface area contributed by atoms with Crippen molar-refractivity contribution in [2.45, 2.75) is 32.8 Å². The summed E-state index contributed by atoms with van der Waals surface area (Å²) in [5, 5.41) is 4.31. The molecule has 0 bridgehead atoms. The SMILES string of the molecule is Cc1ccc(C2OCCCC2CNc2nc(C)ns2)cc1. The van der Waals surface area contributed by atoms with E-state index in [-0.39, 0.29) is 6.10 Å². The summed E-state index contributed by atoms with van der Waals surface area (Å²) in [6, 6.07) is 8.69. The zero-order valence-corrected chi connectivity index (χ0v) is 13.3. The van der Waals surface area contributed by atoms with Crippen molar-refractivity contribution in [1.82, 2.24) is 9.36 Å². The van der Waals surface area contributed by atoms with Crippen molar-refractivity contribution < 1.29 is 4.74 Å². The molecule has 0 aliphatic carbocycles. The van der Waals surface area contributed by atoms with Gasteiger partial charge >= 0.3 is 0 Å². The number of ether oxygens (including phenoxy) is 1. The quantitative estimate of drug-likeness (QED) is 0.935. The first-order chi connectivity index (χ1) is 10.2. The van der Waals surface area contributed by atoms with Crippen molar-refractivity contribution in [3.63, 3.8) is 0 Å². The summed E-state index contributed by atoms with van der Waals surface area (Å²) in [5.74, 6) is 1.31. The van der Waals surface area contributed by atoms with Crippen LogP contribution in [0.1, 0.15) is 35.9 Å². The number of anilines is 1. The molecule has 2 heterocycles. The number of benzene rings is 1. The van der Waals surface area contributed by atoms with E-state index >= 15 is 0 Å². The van der Waals surface area contributed by atoms with Crippen molar-refractivity contribution in [2.75, 3.05) is 18.5 Å². The van der Waals surface area contributed by atoms with Crippen molar-refractivity contribution in [1.29, 1.82) is 0 Å². The first kappa shape index (κ1) is 14.5. The van der Waals surface area contributed by atoms with Gasteiger partial charge in [0, 0.05) is 30.6 Å². The van der Waals surface area contributed by atoms with Gasteiger partial charge in [-0.25, -0.2) is 4.98 Å². The molecule has 1 fully saturated rings. The molecule has 2 atom stereocenters. The fraction of sp³-hybridized carbons (Fsp3) is 0.500. The third kappa shape index (κ3) is 3.60. The van der Waals surface area contributed by atoms with E-state index in [1.807, 2.05) is 6.92 Å². The standard InChI is InChI=1S/C16H21N3OS/c1-11-5-7-13(8-6-11)15-14(4-3-9-20-15)10-17-16-18-12(2)19-21-16/h5-8,14-15H,3-4,9-10H2,1-2H3,(H,17,18,19). The molecule has 1 aromatic carbocycles. The van der Waals surface area contributed by atoms with Crippen molar-refractivity contribution in [3.05, 3.63) is 41.2 Å². The van der Waals surface area contributed by atoms with Crippen LogP contribution in [0.3, 0.4) is 0 Å². The Hall–Kier alpha value is -1.46. The number of nitrogens with one attached hydrogen (secondary N) is 1. The minimum Gasteiger partial charge on any atom is -0.373 e. The van der Waals surface area contributed by atoms with Crippen LogP contribution in [0.5, 0.6) is 0 Å². The van der Waals surface area contributed by atoms with Gasteiger partial charge in [0.15, 0.2) is 0 Å². The summed E-state index contributed by atoms with van der Waals surface area (Å²) >= 11 is 1.42. The second kappa shape index (κ2) is 6.54. The molecule has 5 heteroatoms.